The monoisotopic (exact) mass is 419 g/mol. The molecule has 0 bridgehead atoms. The molecule has 30 heavy (non-hydrogen) atoms. The summed E-state index contributed by atoms with van der Waals surface area (Å²) in [5.41, 5.74) is 1.27. The van der Waals surface area contributed by atoms with Crippen LogP contribution in [0.15, 0.2) is 23.4 Å². The van der Waals surface area contributed by atoms with Crippen LogP contribution in [0.3, 0.4) is 0 Å². The third kappa shape index (κ3) is 6.36. The van der Waals surface area contributed by atoms with E-state index < -0.39 is 31.1 Å². The maximum absolute atomic E-state index is 11.8. The Bertz CT molecular complexity index is 819. The third-order valence-corrected chi connectivity index (χ3v) is 4.73. The van der Waals surface area contributed by atoms with E-state index in [4.69, 9.17) is 19.0 Å². The molecule has 0 spiro atoms. The van der Waals surface area contributed by atoms with E-state index in [0.717, 1.165) is 37.7 Å². The number of rotatable bonds is 7. The van der Waals surface area contributed by atoms with Crippen LogP contribution >= 0.6 is 0 Å². The molecule has 1 heterocycles. The molecular weight excluding hydrogens is 394 g/mol. The summed E-state index contributed by atoms with van der Waals surface area (Å²) in [5.74, 6) is -0.224. The number of hydrogen-bond donors (Lipinski definition) is 2. The Labute approximate surface area is 173 Å². The van der Waals surface area contributed by atoms with Gasteiger partial charge in [0.15, 0.2) is 18.1 Å². The first-order valence-corrected chi connectivity index (χ1v) is 9.84. The minimum Gasteiger partial charge on any atom is -0.454 e. The second-order valence-electron chi connectivity index (χ2n) is 7.04. The first-order chi connectivity index (χ1) is 14.5. The number of carbonyl (C=O) groups is 3. The van der Waals surface area contributed by atoms with Crippen molar-refractivity contribution in [3.05, 3.63) is 23.8 Å². The molecule has 0 atom stereocenters. The number of benzene rings is 1. The van der Waals surface area contributed by atoms with Crippen LogP contribution < -0.4 is 20.1 Å². The summed E-state index contributed by atoms with van der Waals surface area (Å²) in [4.78, 5) is 40.2. The molecule has 3 amide bonds. The molecule has 0 aromatic heterocycles. The van der Waals surface area contributed by atoms with Gasteiger partial charge in [0.1, 0.15) is 0 Å². The van der Waals surface area contributed by atoms with Crippen molar-refractivity contribution >= 4 is 23.6 Å². The standard InChI is InChI=1S/C20H25N3O7/c1-13(14-7-8-16-17(9-14)29-12-28-16)23-30-11-19(25)27-10-18(24)22-20(26)21-15-5-3-2-4-6-15/h7-9,15H,2-6,10-12H2,1H3,(H2,21,22,24,26)/b23-13+. The maximum atomic E-state index is 11.8. The van der Waals surface area contributed by atoms with Crippen molar-refractivity contribution in [2.45, 2.75) is 45.1 Å². The predicted octanol–water partition coefficient (Wildman–Crippen LogP) is 1.86. The highest BCUT2D eigenvalue weighted by atomic mass is 16.7. The second-order valence-corrected chi connectivity index (χ2v) is 7.04. The van der Waals surface area contributed by atoms with Crippen LogP contribution in [-0.2, 0) is 19.2 Å². The van der Waals surface area contributed by atoms with Crippen LogP contribution in [0, 0.1) is 0 Å². The van der Waals surface area contributed by atoms with Gasteiger partial charge in [-0.1, -0.05) is 24.4 Å². The van der Waals surface area contributed by atoms with Gasteiger partial charge in [0.25, 0.3) is 5.91 Å². The smallest absolute Gasteiger partial charge is 0.347 e. The molecule has 2 aliphatic rings. The Hall–Kier alpha value is -3.30. The van der Waals surface area contributed by atoms with Crippen molar-refractivity contribution < 1.29 is 33.4 Å². The number of nitrogens with one attached hydrogen (secondary N) is 2. The quantitative estimate of drug-likeness (QED) is 0.393. The summed E-state index contributed by atoms with van der Waals surface area (Å²) in [6.45, 7) is 0.836. The molecule has 10 heteroatoms. The van der Waals surface area contributed by atoms with E-state index in [2.05, 4.69) is 15.8 Å². The number of amides is 3. The zero-order valence-corrected chi connectivity index (χ0v) is 16.8. The van der Waals surface area contributed by atoms with Crippen LogP contribution in [0.4, 0.5) is 4.79 Å². The van der Waals surface area contributed by atoms with Gasteiger partial charge in [-0.3, -0.25) is 10.1 Å². The van der Waals surface area contributed by atoms with Crippen LogP contribution in [0.2, 0.25) is 0 Å². The van der Waals surface area contributed by atoms with Crippen molar-refractivity contribution in [3.8, 4) is 11.5 Å². The van der Waals surface area contributed by atoms with E-state index in [-0.39, 0.29) is 12.8 Å². The Morgan fingerprint density at radius 2 is 1.87 bits per heavy atom. The molecule has 1 aliphatic heterocycles. The largest absolute Gasteiger partial charge is 0.454 e. The molecule has 1 saturated carbocycles. The Morgan fingerprint density at radius 1 is 1.10 bits per heavy atom. The molecule has 162 valence electrons. The van der Waals surface area contributed by atoms with E-state index in [9.17, 15) is 14.4 Å². The second kappa shape index (κ2) is 10.5. The fourth-order valence-electron chi connectivity index (χ4n) is 3.17. The van der Waals surface area contributed by atoms with Crippen molar-refractivity contribution in [2.24, 2.45) is 5.16 Å². The minimum atomic E-state index is -0.778. The van der Waals surface area contributed by atoms with E-state index in [1.165, 1.54) is 0 Å². The predicted molar refractivity (Wildman–Crippen MR) is 105 cm³/mol. The number of imide groups is 1. The molecule has 1 aromatic carbocycles. The van der Waals surface area contributed by atoms with Gasteiger partial charge in [0.2, 0.25) is 13.4 Å². The van der Waals surface area contributed by atoms with Crippen molar-refractivity contribution in [1.29, 1.82) is 0 Å². The minimum absolute atomic E-state index is 0.0772. The lowest BCUT2D eigenvalue weighted by atomic mass is 9.96. The first-order valence-electron chi connectivity index (χ1n) is 9.84. The highest BCUT2D eigenvalue weighted by molar-refractivity contribution is 5.99. The molecule has 1 aliphatic carbocycles. The summed E-state index contributed by atoms with van der Waals surface area (Å²) in [6, 6.07) is 4.80. The lowest BCUT2D eigenvalue weighted by molar-refractivity contribution is -0.152. The Kier molecular flexibility index (Phi) is 7.47. The van der Waals surface area contributed by atoms with E-state index in [0.29, 0.717) is 17.2 Å². The highest BCUT2D eigenvalue weighted by Crippen LogP contribution is 2.32. The topological polar surface area (TPSA) is 125 Å². The normalized spacial score (nSPS) is 16.0. The van der Waals surface area contributed by atoms with Gasteiger partial charge in [-0.15, -0.1) is 0 Å². The lowest BCUT2D eigenvalue weighted by Gasteiger charge is -2.22. The van der Waals surface area contributed by atoms with Crippen molar-refractivity contribution in [3.63, 3.8) is 0 Å². The van der Waals surface area contributed by atoms with Crippen LogP contribution in [0.1, 0.15) is 44.6 Å². The van der Waals surface area contributed by atoms with Crippen LogP contribution in [0.5, 0.6) is 11.5 Å². The SMILES string of the molecule is C/C(=N\OCC(=O)OCC(=O)NC(=O)NC1CCCCC1)c1ccc2c(c1)OCO2. The van der Waals surface area contributed by atoms with Gasteiger partial charge in [-0.05, 0) is 38.0 Å². The van der Waals surface area contributed by atoms with Crippen molar-refractivity contribution in [2.75, 3.05) is 20.0 Å². The first kappa shape index (κ1) is 21.4. The molecule has 0 saturated heterocycles. The Balaban J connectivity index is 1.33. The summed E-state index contributed by atoms with van der Waals surface area (Å²) in [7, 11) is 0. The van der Waals surface area contributed by atoms with E-state index >= 15 is 0 Å². The summed E-state index contributed by atoms with van der Waals surface area (Å²) in [5, 5.41) is 8.74. The van der Waals surface area contributed by atoms with Gasteiger partial charge in [0.05, 0.1) is 5.71 Å². The molecule has 1 fully saturated rings. The average Bonchev–Trinajstić information content (AvgIpc) is 3.20. The number of nitrogens with zero attached hydrogens (tertiary/aromatic N) is 1. The summed E-state index contributed by atoms with van der Waals surface area (Å²) in [6.07, 6.45) is 5.09. The number of urea groups is 1. The van der Waals surface area contributed by atoms with E-state index in [1.54, 1.807) is 25.1 Å². The summed E-state index contributed by atoms with van der Waals surface area (Å²) >= 11 is 0. The van der Waals surface area contributed by atoms with Crippen LogP contribution in [0.25, 0.3) is 0 Å². The van der Waals surface area contributed by atoms with Gasteiger partial charge in [0, 0.05) is 11.6 Å². The molecule has 3 rings (SSSR count). The Morgan fingerprint density at radius 3 is 2.67 bits per heavy atom. The molecule has 0 radical (unpaired) electrons. The number of carbonyl (C=O) groups excluding carboxylic acids is 3. The molecule has 10 nitrogen and oxygen atoms in total. The lowest BCUT2D eigenvalue weighted by Crippen LogP contribution is -2.46. The highest BCUT2D eigenvalue weighted by Gasteiger charge is 2.18. The molecule has 2 N–H and O–H groups in total. The van der Waals surface area contributed by atoms with Crippen LogP contribution in [-0.4, -0.2) is 49.7 Å². The summed E-state index contributed by atoms with van der Waals surface area (Å²) < 4.78 is 15.3. The fourth-order valence-corrected chi connectivity index (χ4v) is 3.17. The average molecular weight is 419 g/mol. The number of ether oxygens (including phenoxy) is 3. The van der Waals surface area contributed by atoms with Gasteiger partial charge < -0.3 is 24.4 Å². The zero-order chi connectivity index (χ0) is 21.3. The van der Waals surface area contributed by atoms with Crippen molar-refractivity contribution in [1.82, 2.24) is 10.6 Å². The molecule has 1 aromatic rings. The number of fused-ring (bicyclic) bond motifs is 1. The number of hydrogen-bond acceptors (Lipinski definition) is 8. The van der Waals surface area contributed by atoms with Gasteiger partial charge >= 0.3 is 12.0 Å². The fraction of sp³-hybridized carbons (Fsp3) is 0.500. The molecule has 0 unspecified atom stereocenters. The number of esters is 1. The third-order valence-electron chi connectivity index (χ3n) is 4.73. The maximum Gasteiger partial charge on any atom is 0.347 e. The number of oxime groups is 1. The van der Waals surface area contributed by atoms with Gasteiger partial charge in [-0.25, -0.2) is 9.59 Å². The molecular formula is C20H25N3O7. The van der Waals surface area contributed by atoms with Gasteiger partial charge in [-0.2, -0.15) is 0 Å². The zero-order valence-electron chi connectivity index (χ0n) is 16.8. The van der Waals surface area contributed by atoms with E-state index in [1.807, 2.05) is 0 Å².